The van der Waals surface area contributed by atoms with Gasteiger partial charge in [-0.15, -0.1) is 0 Å². The van der Waals surface area contributed by atoms with Crippen LogP contribution in [-0.2, 0) is 0 Å². The molecule has 0 radical (unpaired) electrons. The maximum Gasteiger partial charge on any atom is 0.270 e. The number of hydrogen-bond donors (Lipinski definition) is 1. The summed E-state index contributed by atoms with van der Waals surface area (Å²) in [5, 5.41) is 13.9. The van der Waals surface area contributed by atoms with E-state index in [0.717, 1.165) is 0 Å². The maximum absolute atomic E-state index is 12.7. The lowest BCUT2D eigenvalue weighted by Gasteiger charge is -2.17. The van der Waals surface area contributed by atoms with Gasteiger partial charge in [0, 0.05) is 51.7 Å². The fraction of sp³-hybridized carbons (Fsp3) is 0.222. The second-order valence-electron chi connectivity index (χ2n) is 6.20. The molecule has 0 atom stereocenters. The Balaban J connectivity index is 2.34. The second kappa shape index (κ2) is 8.05. The summed E-state index contributed by atoms with van der Waals surface area (Å²) in [7, 11) is 6.69. The highest BCUT2D eigenvalue weighted by Gasteiger charge is 2.19. The zero-order valence-electron chi connectivity index (χ0n) is 15.3. The molecule has 0 aliphatic heterocycles. The van der Waals surface area contributed by atoms with Crippen molar-refractivity contribution in [2.75, 3.05) is 38.4 Å². The summed E-state index contributed by atoms with van der Waals surface area (Å²) in [6.07, 6.45) is 0. The lowest BCUT2D eigenvalue weighted by atomic mass is 10.1. The summed E-state index contributed by atoms with van der Waals surface area (Å²) < 4.78 is 0. The van der Waals surface area contributed by atoms with Crippen molar-refractivity contribution in [3.8, 4) is 0 Å². The van der Waals surface area contributed by atoms with Crippen LogP contribution in [0.2, 0.25) is 5.02 Å². The van der Waals surface area contributed by atoms with E-state index >= 15 is 0 Å². The molecule has 8 nitrogen and oxygen atoms in total. The van der Waals surface area contributed by atoms with E-state index in [-0.39, 0.29) is 22.2 Å². The van der Waals surface area contributed by atoms with Gasteiger partial charge in [-0.25, -0.2) is 0 Å². The summed E-state index contributed by atoms with van der Waals surface area (Å²) in [5.74, 6) is -0.781. The van der Waals surface area contributed by atoms with Crippen LogP contribution in [0.25, 0.3) is 0 Å². The number of nitro benzene ring substituents is 1. The summed E-state index contributed by atoms with van der Waals surface area (Å²) in [4.78, 5) is 38.2. The predicted octanol–water partition coefficient (Wildman–Crippen LogP) is 3.27. The van der Waals surface area contributed by atoms with Gasteiger partial charge in [-0.1, -0.05) is 11.6 Å². The number of amides is 2. The number of anilines is 2. The molecule has 0 aliphatic rings. The molecule has 1 N–H and O–H groups in total. The number of carbonyl (C=O) groups excluding carboxylic acids is 2. The van der Waals surface area contributed by atoms with Crippen molar-refractivity contribution in [1.29, 1.82) is 0 Å². The highest BCUT2D eigenvalue weighted by Crippen LogP contribution is 2.27. The number of benzene rings is 2. The van der Waals surface area contributed by atoms with Gasteiger partial charge >= 0.3 is 0 Å². The number of rotatable bonds is 5. The normalized spacial score (nSPS) is 10.3. The molecule has 2 aromatic rings. The first kappa shape index (κ1) is 20.2. The van der Waals surface area contributed by atoms with Crippen molar-refractivity contribution in [1.82, 2.24) is 4.90 Å². The Labute approximate surface area is 161 Å². The highest BCUT2D eigenvalue weighted by molar-refractivity contribution is 6.34. The molecule has 0 spiro atoms. The van der Waals surface area contributed by atoms with Gasteiger partial charge in [-0.2, -0.15) is 0 Å². The van der Waals surface area contributed by atoms with Crippen molar-refractivity contribution in [2.45, 2.75) is 0 Å². The van der Waals surface area contributed by atoms with Crippen molar-refractivity contribution >= 4 is 40.5 Å². The molecule has 2 aromatic carbocycles. The SMILES string of the molecule is CN(C)C(=O)c1ccc(NC(=O)c2cc([N+](=O)[O-])ccc2N(C)C)cc1Cl. The minimum atomic E-state index is -0.561. The van der Waals surface area contributed by atoms with Crippen molar-refractivity contribution in [3.63, 3.8) is 0 Å². The Morgan fingerprint density at radius 2 is 1.70 bits per heavy atom. The molecule has 9 heteroatoms. The van der Waals surface area contributed by atoms with Crippen LogP contribution >= 0.6 is 11.6 Å². The third-order valence-electron chi connectivity index (χ3n) is 3.78. The maximum atomic E-state index is 12.7. The average molecular weight is 391 g/mol. The van der Waals surface area contributed by atoms with Gasteiger partial charge in [0.15, 0.2) is 0 Å². The minimum Gasteiger partial charge on any atom is -0.377 e. The molecular weight excluding hydrogens is 372 g/mol. The lowest BCUT2D eigenvalue weighted by molar-refractivity contribution is -0.384. The molecule has 2 rings (SSSR count). The van der Waals surface area contributed by atoms with E-state index in [4.69, 9.17) is 11.6 Å². The van der Waals surface area contributed by atoms with Crippen molar-refractivity contribution < 1.29 is 14.5 Å². The number of nitrogens with one attached hydrogen (secondary N) is 1. The Bertz CT molecular complexity index is 912. The minimum absolute atomic E-state index is 0.152. The smallest absolute Gasteiger partial charge is 0.270 e. The summed E-state index contributed by atoms with van der Waals surface area (Å²) in [5.41, 5.74) is 1.18. The zero-order valence-corrected chi connectivity index (χ0v) is 16.1. The molecule has 0 aromatic heterocycles. The standard InChI is InChI=1S/C18H19ClN4O4/c1-21(2)16-8-6-12(23(26)27)10-14(16)17(24)20-11-5-7-13(15(19)9-11)18(25)22(3)4/h5-10H,1-4H3,(H,20,24). The van der Waals surface area contributed by atoms with Crippen LogP contribution in [0.4, 0.5) is 17.1 Å². The highest BCUT2D eigenvalue weighted by atomic mass is 35.5. The van der Waals surface area contributed by atoms with E-state index in [2.05, 4.69) is 5.32 Å². The van der Waals surface area contributed by atoms with E-state index in [9.17, 15) is 19.7 Å². The van der Waals surface area contributed by atoms with Crippen LogP contribution in [0, 0.1) is 10.1 Å². The molecule has 0 heterocycles. The molecule has 0 aliphatic carbocycles. The molecule has 27 heavy (non-hydrogen) atoms. The average Bonchev–Trinajstić information content (AvgIpc) is 2.60. The van der Waals surface area contributed by atoms with E-state index in [0.29, 0.717) is 16.9 Å². The van der Waals surface area contributed by atoms with E-state index in [1.165, 1.54) is 35.2 Å². The van der Waals surface area contributed by atoms with Gasteiger partial charge in [-0.05, 0) is 24.3 Å². The first-order chi connectivity index (χ1) is 12.6. The molecule has 0 saturated carbocycles. The van der Waals surface area contributed by atoms with Gasteiger partial charge in [-0.3, -0.25) is 19.7 Å². The molecule has 0 saturated heterocycles. The Morgan fingerprint density at radius 1 is 1.04 bits per heavy atom. The monoisotopic (exact) mass is 390 g/mol. The molecule has 0 fully saturated rings. The zero-order chi connectivity index (χ0) is 20.3. The third kappa shape index (κ3) is 4.53. The van der Waals surface area contributed by atoms with Gasteiger partial charge in [0.2, 0.25) is 0 Å². The van der Waals surface area contributed by atoms with Gasteiger partial charge < -0.3 is 15.1 Å². The topological polar surface area (TPSA) is 95.8 Å². The molecule has 142 valence electrons. The van der Waals surface area contributed by atoms with E-state index in [1.54, 1.807) is 39.2 Å². The summed E-state index contributed by atoms with van der Waals surface area (Å²) in [6, 6.07) is 8.59. The van der Waals surface area contributed by atoms with Crippen molar-refractivity contribution in [2.24, 2.45) is 0 Å². The number of nitro groups is 1. The first-order valence-electron chi connectivity index (χ1n) is 7.90. The summed E-state index contributed by atoms with van der Waals surface area (Å²) >= 11 is 6.15. The Morgan fingerprint density at radius 3 is 2.22 bits per heavy atom. The van der Waals surface area contributed by atoms with E-state index < -0.39 is 10.8 Å². The number of non-ortho nitro benzene ring substituents is 1. The Kier molecular flexibility index (Phi) is 6.02. The molecule has 2 amide bonds. The van der Waals surface area contributed by atoms with E-state index in [1.807, 2.05) is 0 Å². The number of halogens is 1. The largest absolute Gasteiger partial charge is 0.377 e. The predicted molar refractivity (Wildman–Crippen MR) is 105 cm³/mol. The Hall–Kier alpha value is -3.13. The van der Waals surface area contributed by atoms with Gasteiger partial charge in [0.1, 0.15) is 0 Å². The van der Waals surface area contributed by atoms with Crippen LogP contribution in [0.3, 0.4) is 0 Å². The molecule has 0 unspecified atom stereocenters. The van der Waals surface area contributed by atoms with Crippen LogP contribution in [-0.4, -0.2) is 49.8 Å². The van der Waals surface area contributed by atoms with Gasteiger partial charge in [0.25, 0.3) is 17.5 Å². The summed E-state index contributed by atoms with van der Waals surface area (Å²) in [6.45, 7) is 0. The first-order valence-corrected chi connectivity index (χ1v) is 8.28. The van der Waals surface area contributed by atoms with Crippen LogP contribution in [0.5, 0.6) is 0 Å². The van der Waals surface area contributed by atoms with Gasteiger partial charge in [0.05, 0.1) is 21.1 Å². The van der Waals surface area contributed by atoms with Crippen LogP contribution in [0.15, 0.2) is 36.4 Å². The molecular formula is C18H19ClN4O4. The third-order valence-corrected chi connectivity index (χ3v) is 4.09. The quantitative estimate of drug-likeness (QED) is 0.624. The van der Waals surface area contributed by atoms with Crippen LogP contribution in [0.1, 0.15) is 20.7 Å². The van der Waals surface area contributed by atoms with Crippen molar-refractivity contribution in [3.05, 3.63) is 62.7 Å². The fourth-order valence-corrected chi connectivity index (χ4v) is 2.68. The number of hydrogen-bond acceptors (Lipinski definition) is 5. The number of nitrogens with zero attached hydrogens (tertiary/aromatic N) is 3. The number of carbonyl (C=O) groups is 2. The lowest BCUT2D eigenvalue weighted by Crippen LogP contribution is -2.22. The second-order valence-corrected chi connectivity index (χ2v) is 6.61. The van der Waals surface area contributed by atoms with Crippen LogP contribution < -0.4 is 10.2 Å². The molecule has 0 bridgehead atoms. The fourth-order valence-electron chi connectivity index (χ4n) is 2.42.